The summed E-state index contributed by atoms with van der Waals surface area (Å²) in [5.41, 5.74) is 5.64. The number of fused-ring (bicyclic) bond motifs is 2. The van der Waals surface area contributed by atoms with Gasteiger partial charge in [-0.3, -0.25) is 4.79 Å². The Balaban J connectivity index is 1.54. The number of nitrogens with two attached hydrogens (primary N) is 1. The number of amides is 1. The fraction of sp³-hybridized carbons (Fsp3) is 0.588. The number of piperidine rings is 2. The predicted molar refractivity (Wildman–Crippen MR) is 96.1 cm³/mol. The van der Waals surface area contributed by atoms with E-state index in [4.69, 9.17) is 5.73 Å². The van der Waals surface area contributed by atoms with E-state index in [9.17, 15) is 4.79 Å². The molecule has 0 unspecified atom stereocenters. The zero-order valence-corrected chi connectivity index (χ0v) is 14.5. The highest BCUT2D eigenvalue weighted by Gasteiger charge is 2.39. The van der Waals surface area contributed by atoms with E-state index in [0.29, 0.717) is 30.8 Å². The molecule has 2 aliphatic rings. The molecular weight excluding hydrogens is 322 g/mol. The third kappa shape index (κ3) is 2.75. The normalized spacial score (nSPS) is 24.5. The first kappa shape index (κ1) is 15.8. The molecule has 7 heteroatoms. The molecule has 0 radical (unpaired) electrons. The smallest absolute Gasteiger partial charge is 0.222 e. The van der Waals surface area contributed by atoms with Gasteiger partial charge in [0.2, 0.25) is 5.91 Å². The van der Waals surface area contributed by atoms with Crippen molar-refractivity contribution in [2.45, 2.75) is 31.7 Å². The maximum absolute atomic E-state index is 12.3. The van der Waals surface area contributed by atoms with Gasteiger partial charge in [0.1, 0.15) is 17.0 Å². The highest BCUT2D eigenvalue weighted by molar-refractivity contribution is 7.16. The molecule has 0 bridgehead atoms. The highest BCUT2D eigenvalue weighted by Crippen LogP contribution is 2.35. The third-order valence-electron chi connectivity index (χ3n) is 5.29. The summed E-state index contributed by atoms with van der Waals surface area (Å²) in [5.74, 6) is 1.88. The minimum atomic E-state index is 0.306. The van der Waals surface area contributed by atoms with Crippen LogP contribution in [0.3, 0.4) is 0 Å². The number of anilines is 1. The van der Waals surface area contributed by atoms with Gasteiger partial charge in [-0.25, -0.2) is 9.97 Å². The van der Waals surface area contributed by atoms with Crippen LogP contribution in [-0.2, 0) is 4.79 Å². The van der Waals surface area contributed by atoms with Crippen LogP contribution in [-0.4, -0.2) is 53.0 Å². The molecule has 2 fully saturated rings. The summed E-state index contributed by atoms with van der Waals surface area (Å²) < 4.78 is 0. The number of hydrogen-bond acceptors (Lipinski definition) is 6. The fourth-order valence-corrected chi connectivity index (χ4v) is 4.85. The van der Waals surface area contributed by atoms with E-state index in [-0.39, 0.29) is 0 Å². The van der Waals surface area contributed by atoms with E-state index in [0.717, 1.165) is 54.9 Å². The Morgan fingerprint density at radius 2 is 2.25 bits per heavy atom. The van der Waals surface area contributed by atoms with Crippen molar-refractivity contribution in [3.8, 4) is 0 Å². The molecule has 4 rings (SSSR count). The van der Waals surface area contributed by atoms with Crippen LogP contribution in [0.15, 0.2) is 17.8 Å². The zero-order valence-electron chi connectivity index (χ0n) is 13.7. The third-order valence-corrected chi connectivity index (χ3v) is 6.11. The van der Waals surface area contributed by atoms with Crippen molar-refractivity contribution in [2.75, 3.05) is 31.1 Å². The Morgan fingerprint density at radius 3 is 3.12 bits per heavy atom. The lowest BCUT2D eigenvalue weighted by atomic mass is 9.83. The van der Waals surface area contributed by atoms with Crippen LogP contribution in [0.2, 0.25) is 0 Å². The SMILES string of the molecule is NCCCN1C(=O)CC[C@H]2CN(c3ncnc4sccc34)CC[C@H]21. The minimum Gasteiger partial charge on any atom is -0.356 e. The molecule has 4 heterocycles. The minimum absolute atomic E-state index is 0.306. The molecule has 0 spiro atoms. The molecular formula is C17H23N5OS. The summed E-state index contributed by atoms with van der Waals surface area (Å²) in [6.07, 6.45) is 5.21. The van der Waals surface area contributed by atoms with Crippen molar-refractivity contribution in [3.05, 3.63) is 17.8 Å². The van der Waals surface area contributed by atoms with Crippen LogP contribution in [0.1, 0.15) is 25.7 Å². The van der Waals surface area contributed by atoms with Crippen LogP contribution >= 0.6 is 11.3 Å². The Morgan fingerprint density at radius 1 is 1.33 bits per heavy atom. The summed E-state index contributed by atoms with van der Waals surface area (Å²) in [6, 6.07) is 2.48. The maximum atomic E-state index is 12.3. The monoisotopic (exact) mass is 345 g/mol. The van der Waals surface area contributed by atoms with Crippen molar-refractivity contribution < 1.29 is 4.79 Å². The van der Waals surface area contributed by atoms with Gasteiger partial charge < -0.3 is 15.5 Å². The molecule has 24 heavy (non-hydrogen) atoms. The van der Waals surface area contributed by atoms with Crippen LogP contribution < -0.4 is 10.6 Å². The molecule has 6 nitrogen and oxygen atoms in total. The lowest BCUT2D eigenvalue weighted by Crippen LogP contribution is -2.56. The summed E-state index contributed by atoms with van der Waals surface area (Å²) >= 11 is 1.66. The number of carbonyl (C=O) groups excluding carboxylic acids is 1. The molecule has 0 aromatic carbocycles. The molecule has 0 saturated carbocycles. The van der Waals surface area contributed by atoms with Gasteiger partial charge in [-0.15, -0.1) is 11.3 Å². The molecule has 2 aromatic rings. The molecule has 2 saturated heterocycles. The predicted octanol–water partition coefficient (Wildman–Crippen LogP) is 1.86. The zero-order chi connectivity index (χ0) is 16.5. The number of aromatic nitrogens is 2. The lowest BCUT2D eigenvalue weighted by molar-refractivity contribution is -0.139. The number of carbonyl (C=O) groups is 1. The van der Waals surface area contributed by atoms with E-state index >= 15 is 0 Å². The Labute approximate surface area is 145 Å². The summed E-state index contributed by atoms with van der Waals surface area (Å²) in [5, 5.41) is 3.22. The number of thiophene rings is 1. The highest BCUT2D eigenvalue weighted by atomic mass is 32.1. The quantitative estimate of drug-likeness (QED) is 0.915. The molecule has 2 aromatic heterocycles. The van der Waals surface area contributed by atoms with Crippen molar-refractivity contribution in [2.24, 2.45) is 11.7 Å². The van der Waals surface area contributed by atoms with Gasteiger partial charge in [0.15, 0.2) is 0 Å². The Bertz CT molecular complexity index is 733. The van der Waals surface area contributed by atoms with Crippen molar-refractivity contribution in [1.29, 1.82) is 0 Å². The molecule has 128 valence electrons. The topological polar surface area (TPSA) is 75.3 Å². The molecule has 2 N–H and O–H groups in total. The summed E-state index contributed by atoms with van der Waals surface area (Å²) in [6.45, 7) is 3.36. The van der Waals surface area contributed by atoms with Crippen molar-refractivity contribution in [1.82, 2.24) is 14.9 Å². The van der Waals surface area contributed by atoms with Gasteiger partial charge in [0.25, 0.3) is 0 Å². The fourth-order valence-electron chi connectivity index (χ4n) is 4.12. The van der Waals surface area contributed by atoms with Crippen LogP contribution in [0.25, 0.3) is 10.2 Å². The van der Waals surface area contributed by atoms with Gasteiger partial charge in [-0.2, -0.15) is 0 Å². The molecule has 2 atom stereocenters. The van der Waals surface area contributed by atoms with Crippen molar-refractivity contribution in [3.63, 3.8) is 0 Å². The Hall–Kier alpha value is -1.73. The molecule has 0 aliphatic carbocycles. The number of rotatable bonds is 4. The van der Waals surface area contributed by atoms with Gasteiger partial charge in [-0.1, -0.05) is 0 Å². The van der Waals surface area contributed by atoms with E-state index in [2.05, 4.69) is 31.2 Å². The first-order chi connectivity index (χ1) is 11.8. The maximum Gasteiger partial charge on any atom is 0.222 e. The second-order valence-electron chi connectivity index (χ2n) is 6.67. The van der Waals surface area contributed by atoms with Crippen molar-refractivity contribution >= 4 is 33.3 Å². The summed E-state index contributed by atoms with van der Waals surface area (Å²) in [4.78, 5) is 26.7. The average Bonchev–Trinajstić information content (AvgIpc) is 3.09. The van der Waals surface area contributed by atoms with E-state index in [1.165, 1.54) is 0 Å². The lowest BCUT2D eigenvalue weighted by Gasteiger charge is -2.47. The van der Waals surface area contributed by atoms with E-state index < -0.39 is 0 Å². The average molecular weight is 345 g/mol. The van der Waals surface area contributed by atoms with Gasteiger partial charge in [0.05, 0.1) is 5.39 Å². The van der Waals surface area contributed by atoms with E-state index in [1.807, 2.05) is 0 Å². The second-order valence-corrected chi connectivity index (χ2v) is 7.56. The van der Waals surface area contributed by atoms with Crippen LogP contribution in [0.4, 0.5) is 5.82 Å². The standard InChI is InChI=1S/C17H23N5OS/c18-6-1-7-22-14-4-8-21(10-12(14)2-3-15(22)23)16-13-5-9-24-17(13)20-11-19-16/h5,9,11-12,14H,1-4,6-8,10,18H2/t12-,14+/m0/s1. The first-order valence-electron chi connectivity index (χ1n) is 8.70. The largest absolute Gasteiger partial charge is 0.356 e. The molecule has 1 amide bonds. The summed E-state index contributed by atoms with van der Waals surface area (Å²) in [7, 11) is 0. The van der Waals surface area contributed by atoms with Gasteiger partial charge in [-0.05, 0) is 43.2 Å². The number of hydrogen-bond donors (Lipinski definition) is 1. The second kappa shape index (κ2) is 6.64. The number of likely N-dealkylation sites (tertiary alicyclic amines) is 1. The number of nitrogens with zero attached hydrogens (tertiary/aromatic N) is 4. The Kier molecular flexibility index (Phi) is 4.37. The van der Waals surface area contributed by atoms with Gasteiger partial charge >= 0.3 is 0 Å². The van der Waals surface area contributed by atoms with E-state index in [1.54, 1.807) is 17.7 Å². The molecule has 2 aliphatic heterocycles. The van der Waals surface area contributed by atoms with Crippen LogP contribution in [0.5, 0.6) is 0 Å². The van der Waals surface area contributed by atoms with Gasteiger partial charge in [0, 0.05) is 32.1 Å². The van der Waals surface area contributed by atoms with Crippen LogP contribution in [0, 0.1) is 5.92 Å². The first-order valence-corrected chi connectivity index (χ1v) is 9.58.